The molecule has 0 bridgehead atoms. The van der Waals surface area contributed by atoms with Gasteiger partial charge in [-0.1, -0.05) is 24.3 Å². The lowest BCUT2D eigenvalue weighted by atomic mass is 10.1. The molecular weight excluding hydrogens is 354 g/mol. The van der Waals surface area contributed by atoms with Gasteiger partial charge in [0.05, 0.1) is 12.1 Å². The highest BCUT2D eigenvalue weighted by Crippen LogP contribution is 2.14. The molecule has 4 rings (SSSR count). The minimum atomic E-state index is -0.519. The largest absolute Gasteiger partial charge is 0.320 e. The number of carbonyl (C=O) groups excluding carboxylic acids is 1. The fraction of sp³-hybridized carbons (Fsp3) is 0.143. The van der Waals surface area contributed by atoms with Crippen LogP contribution in [0.2, 0.25) is 0 Å². The molecule has 28 heavy (non-hydrogen) atoms. The summed E-state index contributed by atoms with van der Waals surface area (Å²) in [4.78, 5) is 25.5. The topological polar surface area (TPSA) is 81.8 Å². The molecule has 4 aromatic rings. The lowest BCUT2D eigenvalue weighted by Crippen LogP contribution is -2.27. The Labute approximate surface area is 161 Å². The Bertz CT molecular complexity index is 1200. The third-order valence-electron chi connectivity index (χ3n) is 4.47. The van der Waals surface area contributed by atoms with Gasteiger partial charge in [0.25, 0.3) is 5.91 Å². The molecule has 0 saturated heterocycles. The summed E-state index contributed by atoms with van der Waals surface area (Å²) in [5.41, 5.74) is 1.82. The zero-order valence-electron chi connectivity index (χ0n) is 15.4. The van der Waals surface area contributed by atoms with E-state index in [1.54, 1.807) is 33.8 Å². The van der Waals surface area contributed by atoms with E-state index >= 15 is 0 Å². The Kier molecular flexibility index (Phi) is 4.72. The van der Waals surface area contributed by atoms with Crippen molar-refractivity contribution in [2.75, 3.05) is 5.32 Å². The van der Waals surface area contributed by atoms with Crippen molar-refractivity contribution in [3.05, 3.63) is 88.5 Å². The number of rotatable bonds is 5. The first kappa shape index (κ1) is 17.7. The van der Waals surface area contributed by atoms with Gasteiger partial charge in [0, 0.05) is 30.0 Å². The molecule has 1 amide bonds. The van der Waals surface area contributed by atoms with Crippen LogP contribution >= 0.6 is 0 Å². The zero-order valence-corrected chi connectivity index (χ0v) is 15.4. The maximum absolute atomic E-state index is 12.8. The molecule has 2 aromatic heterocycles. The van der Waals surface area contributed by atoms with Crippen LogP contribution in [-0.2, 0) is 13.1 Å². The van der Waals surface area contributed by atoms with E-state index in [1.807, 2.05) is 49.5 Å². The van der Waals surface area contributed by atoms with E-state index in [4.69, 9.17) is 0 Å². The molecule has 0 spiro atoms. The molecule has 0 aliphatic rings. The van der Waals surface area contributed by atoms with Crippen molar-refractivity contribution in [3.63, 3.8) is 0 Å². The lowest BCUT2D eigenvalue weighted by Gasteiger charge is -2.11. The quantitative estimate of drug-likeness (QED) is 0.583. The van der Waals surface area contributed by atoms with E-state index in [-0.39, 0.29) is 11.1 Å². The number of anilines is 1. The van der Waals surface area contributed by atoms with Gasteiger partial charge in [-0.2, -0.15) is 10.2 Å². The Morgan fingerprint density at radius 3 is 2.75 bits per heavy atom. The Hall–Kier alpha value is -3.74. The molecule has 0 aliphatic carbocycles. The van der Waals surface area contributed by atoms with Crippen molar-refractivity contribution < 1.29 is 4.79 Å². The Morgan fingerprint density at radius 1 is 1.11 bits per heavy atom. The average molecular weight is 373 g/mol. The summed E-state index contributed by atoms with van der Waals surface area (Å²) in [7, 11) is 0. The number of hydrogen-bond donors (Lipinski definition) is 1. The SMILES string of the molecule is CCn1nc(C(=O)Nc2cccc(Cn3cccn3)c2)c(=O)c2ccccc21. The van der Waals surface area contributed by atoms with E-state index in [2.05, 4.69) is 15.5 Å². The first-order valence-corrected chi connectivity index (χ1v) is 9.03. The second-order valence-electron chi connectivity index (χ2n) is 6.37. The lowest BCUT2D eigenvalue weighted by molar-refractivity contribution is 0.101. The number of amides is 1. The third-order valence-corrected chi connectivity index (χ3v) is 4.47. The molecule has 0 atom stereocenters. The number of para-hydroxylation sites is 1. The van der Waals surface area contributed by atoms with Crippen molar-refractivity contribution >= 4 is 22.5 Å². The second kappa shape index (κ2) is 7.48. The normalized spacial score (nSPS) is 10.9. The van der Waals surface area contributed by atoms with Crippen molar-refractivity contribution in [1.82, 2.24) is 19.6 Å². The van der Waals surface area contributed by atoms with Gasteiger partial charge in [0.15, 0.2) is 5.69 Å². The van der Waals surface area contributed by atoms with E-state index in [1.165, 1.54) is 0 Å². The summed E-state index contributed by atoms with van der Waals surface area (Å²) >= 11 is 0. The van der Waals surface area contributed by atoms with Crippen molar-refractivity contribution in [2.45, 2.75) is 20.0 Å². The van der Waals surface area contributed by atoms with Crippen LogP contribution in [0.25, 0.3) is 10.9 Å². The molecule has 0 unspecified atom stereocenters. The monoisotopic (exact) mass is 373 g/mol. The summed E-state index contributed by atoms with van der Waals surface area (Å²) in [6, 6.07) is 16.5. The molecule has 2 heterocycles. The summed E-state index contributed by atoms with van der Waals surface area (Å²) < 4.78 is 3.46. The second-order valence-corrected chi connectivity index (χ2v) is 6.37. The summed E-state index contributed by atoms with van der Waals surface area (Å²) in [5.74, 6) is -0.519. The highest BCUT2D eigenvalue weighted by Gasteiger charge is 2.17. The molecule has 1 N–H and O–H groups in total. The number of carbonyl (C=O) groups is 1. The molecular formula is C21H19N5O2. The molecule has 140 valence electrons. The van der Waals surface area contributed by atoms with E-state index < -0.39 is 5.91 Å². The molecule has 7 heteroatoms. The number of nitrogens with zero attached hydrogens (tertiary/aromatic N) is 4. The van der Waals surface area contributed by atoms with E-state index in [0.29, 0.717) is 29.7 Å². The minimum absolute atomic E-state index is 0.113. The van der Waals surface area contributed by atoms with Gasteiger partial charge in [0.2, 0.25) is 5.43 Å². The van der Waals surface area contributed by atoms with Gasteiger partial charge in [0.1, 0.15) is 0 Å². The van der Waals surface area contributed by atoms with Crippen molar-refractivity contribution in [2.24, 2.45) is 0 Å². The fourth-order valence-electron chi connectivity index (χ4n) is 3.15. The van der Waals surface area contributed by atoms with Crippen LogP contribution < -0.4 is 10.7 Å². The third kappa shape index (κ3) is 3.42. The summed E-state index contributed by atoms with van der Waals surface area (Å²) in [6.45, 7) is 3.07. The first-order valence-electron chi connectivity index (χ1n) is 9.03. The molecule has 0 fully saturated rings. The molecule has 2 aromatic carbocycles. The van der Waals surface area contributed by atoms with Crippen LogP contribution in [0.3, 0.4) is 0 Å². The molecule has 0 saturated carbocycles. The molecule has 0 aliphatic heterocycles. The van der Waals surface area contributed by atoms with Crippen LogP contribution in [0.1, 0.15) is 23.0 Å². The van der Waals surface area contributed by atoms with Crippen molar-refractivity contribution in [1.29, 1.82) is 0 Å². The van der Waals surface area contributed by atoms with Crippen LogP contribution in [0.5, 0.6) is 0 Å². The van der Waals surface area contributed by atoms with Crippen molar-refractivity contribution in [3.8, 4) is 0 Å². The number of fused-ring (bicyclic) bond motifs is 1. The van der Waals surface area contributed by atoms with E-state index in [0.717, 1.165) is 5.56 Å². The smallest absolute Gasteiger partial charge is 0.280 e. The number of nitrogens with one attached hydrogen (secondary N) is 1. The molecule has 7 nitrogen and oxygen atoms in total. The Balaban J connectivity index is 1.64. The highest BCUT2D eigenvalue weighted by atomic mass is 16.2. The van der Waals surface area contributed by atoms with Gasteiger partial charge in [-0.05, 0) is 42.8 Å². The van der Waals surface area contributed by atoms with Crippen LogP contribution in [0, 0.1) is 0 Å². The fourth-order valence-corrected chi connectivity index (χ4v) is 3.15. The van der Waals surface area contributed by atoms with Gasteiger partial charge in [-0.3, -0.25) is 19.0 Å². The number of benzene rings is 2. The predicted octanol–water partition coefficient (Wildman–Crippen LogP) is 2.91. The van der Waals surface area contributed by atoms with Gasteiger partial charge >= 0.3 is 0 Å². The summed E-state index contributed by atoms with van der Waals surface area (Å²) in [6.07, 6.45) is 3.59. The maximum Gasteiger partial charge on any atom is 0.280 e. The number of aromatic nitrogens is 4. The first-order chi connectivity index (χ1) is 13.7. The van der Waals surface area contributed by atoms with Crippen LogP contribution in [0.15, 0.2) is 71.8 Å². The van der Waals surface area contributed by atoms with E-state index in [9.17, 15) is 9.59 Å². The van der Waals surface area contributed by atoms with Crippen LogP contribution in [-0.4, -0.2) is 25.5 Å². The predicted molar refractivity (Wildman–Crippen MR) is 107 cm³/mol. The highest BCUT2D eigenvalue weighted by molar-refractivity contribution is 6.04. The van der Waals surface area contributed by atoms with Gasteiger partial charge in [-0.25, -0.2) is 0 Å². The minimum Gasteiger partial charge on any atom is -0.320 e. The maximum atomic E-state index is 12.8. The number of aryl methyl sites for hydroxylation is 1. The zero-order chi connectivity index (χ0) is 19.5. The van der Waals surface area contributed by atoms with Gasteiger partial charge < -0.3 is 5.32 Å². The number of hydrogen-bond acceptors (Lipinski definition) is 4. The summed E-state index contributed by atoms with van der Waals surface area (Å²) in [5, 5.41) is 11.7. The average Bonchev–Trinajstić information content (AvgIpc) is 3.22. The van der Waals surface area contributed by atoms with Crippen LogP contribution in [0.4, 0.5) is 5.69 Å². The van der Waals surface area contributed by atoms with Gasteiger partial charge in [-0.15, -0.1) is 0 Å². The molecule has 0 radical (unpaired) electrons. The standard InChI is InChI=1S/C21H19N5O2/c1-2-26-18-10-4-3-9-17(18)20(27)19(24-26)21(28)23-16-8-5-7-15(13-16)14-25-12-6-11-22-25/h3-13H,2,14H2,1H3,(H,23,28). The Morgan fingerprint density at radius 2 is 1.96 bits per heavy atom.